The van der Waals surface area contributed by atoms with Gasteiger partial charge in [-0.15, -0.1) is 22.7 Å². The fourth-order valence-electron chi connectivity index (χ4n) is 2.27. The van der Waals surface area contributed by atoms with Gasteiger partial charge >= 0.3 is 6.03 Å². The zero-order chi connectivity index (χ0) is 16.7. The van der Waals surface area contributed by atoms with Gasteiger partial charge in [0.25, 0.3) is 0 Å². The summed E-state index contributed by atoms with van der Waals surface area (Å²) in [7, 11) is 0. The van der Waals surface area contributed by atoms with Gasteiger partial charge in [-0.3, -0.25) is 0 Å². The van der Waals surface area contributed by atoms with Crippen LogP contribution in [0.5, 0.6) is 0 Å². The van der Waals surface area contributed by atoms with Gasteiger partial charge in [0.2, 0.25) is 0 Å². The monoisotopic (exact) mass is 352 g/mol. The second-order valence-corrected chi connectivity index (χ2v) is 7.89. The second kappa shape index (κ2) is 8.47. The van der Waals surface area contributed by atoms with Gasteiger partial charge < -0.3 is 15.3 Å². The fraction of sp³-hybridized carbons (Fsp3) is 0.471. The molecular formula is C17H24N2O2S2. The Bertz CT molecular complexity index is 544. The van der Waals surface area contributed by atoms with E-state index in [0.29, 0.717) is 19.5 Å². The highest BCUT2D eigenvalue weighted by atomic mass is 32.1. The molecule has 6 heteroatoms. The summed E-state index contributed by atoms with van der Waals surface area (Å²) in [5, 5.41) is 17.1. The first-order valence-electron chi connectivity index (χ1n) is 7.84. The van der Waals surface area contributed by atoms with Gasteiger partial charge in [-0.25, -0.2) is 4.79 Å². The van der Waals surface area contributed by atoms with Gasteiger partial charge in [0.1, 0.15) is 5.72 Å². The van der Waals surface area contributed by atoms with Crippen molar-refractivity contribution < 1.29 is 9.90 Å². The van der Waals surface area contributed by atoms with E-state index < -0.39 is 5.72 Å². The standard InChI is InChI=1S/C17H24N2O2S2/c1-3-4-9-17(2,21)18-16(20)19(12-14-7-5-10-22-14)13-15-8-6-11-23-15/h5-8,10-11,21H,3-4,9,12-13H2,1-2H3,(H,18,20)/t17-/m1/s1. The van der Waals surface area contributed by atoms with E-state index in [2.05, 4.69) is 12.2 Å². The molecule has 23 heavy (non-hydrogen) atoms. The van der Waals surface area contributed by atoms with Gasteiger partial charge in [0.15, 0.2) is 0 Å². The number of thiophene rings is 2. The van der Waals surface area contributed by atoms with E-state index in [1.165, 1.54) is 0 Å². The highest BCUT2D eigenvalue weighted by Gasteiger charge is 2.25. The number of nitrogens with one attached hydrogen (secondary N) is 1. The largest absolute Gasteiger partial charge is 0.371 e. The SMILES string of the molecule is CCCC[C@@](C)(O)NC(=O)N(Cc1cccs1)Cc1cccs1. The van der Waals surface area contributed by atoms with Crippen molar-refractivity contribution in [3.63, 3.8) is 0 Å². The molecule has 4 nitrogen and oxygen atoms in total. The van der Waals surface area contributed by atoms with E-state index >= 15 is 0 Å². The van der Waals surface area contributed by atoms with Crippen molar-refractivity contribution >= 4 is 28.7 Å². The molecule has 2 aromatic heterocycles. The molecule has 0 unspecified atom stereocenters. The van der Waals surface area contributed by atoms with E-state index in [9.17, 15) is 9.90 Å². The second-order valence-electron chi connectivity index (χ2n) is 5.82. The number of nitrogens with zero attached hydrogens (tertiary/aromatic N) is 1. The van der Waals surface area contributed by atoms with Gasteiger partial charge in [-0.05, 0) is 42.7 Å². The van der Waals surface area contributed by atoms with Crippen molar-refractivity contribution in [2.24, 2.45) is 0 Å². The normalized spacial score (nSPS) is 13.5. The summed E-state index contributed by atoms with van der Waals surface area (Å²) in [4.78, 5) is 16.6. The number of amides is 2. The lowest BCUT2D eigenvalue weighted by Crippen LogP contribution is -2.51. The molecule has 2 N–H and O–H groups in total. The average molecular weight is 353 g/mol. The van der Waals surface area contributed by atoms with Crippen molar-refractivity contribution in [3.05, 3.63) is 44.8 Å². The van der Waals surface area contributed by atoms with Crippen molar-refractivity contribution in [1.82, 2.24) is 10.2 Å². The van der Waals surface area contributed by atoms with Gasteiger partial charge in [0.05, 0.1) is 13.1 Å². The van der Waals surface area contributed by atoms with E-state index in [0.717, 1.165) is 22.6 Å². The Morgan fingerprint density at radius 1 is 1.22 bits per heavy atom. The van der Waals surface area contributed by atoms with Gasteiger partial charge in [-0.1, -0.05) is 25.5 Å². The van der Waals surface area contributed by atoms with Crippen LogP contribution < -0.4 is 5.32 Å². The number of carbonyl (C=O) groups excluding carboxylic acids is 1. The van der Waals surface area contributed by atoms with Crippen molar-refractivity contribution in [3.8, 4) is 0 Å². The topological polar surface area (TPSA) is 52.6 Å². The molecule has 0 radical (unpaired) electrons. The molecule has 0 aliphatic heterocycles. The number of aliphatic hydroxyl groups is 1. The van der Waals surface area contributed by atoms with Crippen LogP contribution in [0, 0.1) is 0 Å². The molecule has 0 saturated carbocycles. The molecular weight excluding hydrogens is 328 g/mol. The summed E-state index contributed by atoms with van der Waals surface area (Å²) in [6.45, 7) is 4.82. The zero-order valence-corrected chi connectivity index (χ0v) is 15.3. The Labute approximate surface area is 145 Å². The maximum atomic E-state index is 12.6. The molecule has 2 amide bonds. The van der Waals surface area contributed by atoms with Crippen molar-refractivity contribution in [2.75, 3.05) is 0 Å². The lowest BCUT2D eigenvalue weighted by Gasteiger charge is -2.29. The molecule has 2 rings (SSSR count). The first-order chi connectivity index (χ1) is 11.0. The number of urea groups is 1. The van der Waals surface area contributed by atoms with Crippen LogP contribution >= 0.6 is 22.7 Å². The number of hydrogen-bond acceptors (Lipinski definition) is 4. The van der Waals surface area contributed by atoms with Crippen LogP contribution in [0.25, 0.3) is 0 Å². The van der Waals surface area contributed by atoms with Crippen molar-refractivity contribution in [2.45, 2.75) is 51.9 Å². The predicted molar refractivity (Wildman–Crippen MR) is 96.6 cm³/mol. The van der Waals surface area contributed by atoms with Crippen LogP contribution in [0.15, 0.2) is 35.0 Å². The summed E-state index contributed by atoms with van der Waals surface area (Å²) in [5.74, 6) is 0. The minimum Gasteiger partial charge on any atom is -0.371 e. The molecule has 1 atom stereocenters. The Kier molecular flexibility index (Phi) is 6.62. The van der Waals surface area contributed by atoms with Crippen LogP contribution in [0.3, 0.4) is 0 Å². The Balaban J connectivity index is 2.04. The third kappa shape index (κ3) is 5.97. The lowest BCUT2D eigenvalue weighted by atomic mass is 10.1. The third-order valence-electron chi connectivity index (χ3n) is 3.53. The van der Waals surface area contributed by atoms with E-state index in [1.54, 1.807) is 34.5 Å². The summed E-state index contributed by atoms with van der Waals surface area (Å²) < 4.78 is 0. The minimum atomic E-state index is -1.17. The maximum absolute atomic E-state index is 12.6. The molecule has 0 aliphatic carbocycles. The highest BCUT2D eigenvalue weighted by molar-refractivity contribution is 7.10. The highest BCUT2D eigenvalue weighted by Crippen LogP contribution is 2.18. The number of hydrogen-bond donors (Lipinski definition) is 2. The predicted octanol–water partition coefficient (Wildman–Crippen LogP) is 4.42. The quantitative estimate of drug-likeness (QED) is 0.691. The molecule has 0 spiro atoms. The van der Waals surface area contributed by atoms with Gasteiger partial charge in [0, 0.05) is 9.75 Å². The van der Waals surface area contributed by atoms with E-state index in [4.69, 9.17) is 0 Å². The Hall–Kier alpha value is -1.37. The summed E-state index contributed by atoms with van der Waals surface area (Å²) >= 11 is 3.26. The molecule has 0 aromatic carbocycles. The molecule has 2 heterocycles. The third-order valence-corrected chi connectivity index (χ3v) is 5.26. The van der Waals surface area contributed by atoms with Crippen LogP contribution in [-0.4, -0.2) is 21.8 Å². The molecule has 0 fully saturated rings. The summed E-state index contributed by atoms with van der Waals surface area (Å²) in [6, 6.07) is 7.79. The summed E-state index contributed by atoms with van der Waals surface area (Å²) in [6.07, 6.45) is 2.42. The molecule has 0 saturated heterocycles. The zero-order valence-electron chi connectivity index (χ0n) is 13.6. The average Bonchev–Trinajstić information content (AvgIpc) is 3.17. The van der Waals surface area contributed by atoms with E-state index in [-0.39, 0.29) is 6.03 Å². The smallest absolute Gasteiger partial charge is 0.320 e. The fourth-order valence-corrected chi connectivity index (χ4v) is 3.71. The number of rotatable bonds is 8. The molecule has 126 valence electrons. The Morgan fingerprint density at radius 3 is 2.22 bits per heavy atom. The van der Waals surface area contributed by atoms with Crippen LogP contribution in [0.4, 0.5) is 4.79 Å². The van der Waals surface area contributed by atoms with Gasteiger partial charge in [-0.2, -0.15) is 0 Å². The first kappa shape index (κ1) is 18.0. The number of unbranched alkanes of at least 4 members (excludes halogenated alkanes) is 1. The minimum absolute atomic E-state index is 0.229. The van der Waals surface area contributed by atoms with Crippen molar-refractivity contribution in [1.29, 1.82) is 0 Å². The first-order valence-corrected chi connectivity index (χ1v) is 9.60. The maximum Gasteiger partial charge on any atom is 0.320 e. The number of carbonyl (C=O) groups is 1. The Morgan fingerprint density at radius 2 is 1.78 bits per heavy atom. The summed E-state index contributed by atoms with van der Waals surface area (Å²) in [5.41, 5.74) is -1.17. The van der Waals surface area contributed by atoms with E-state index in [1.807, 2.05) is 35.0 Å². The molecule has 0 aliphatic rings. The van der Waals surface area contributed by atoms with Crippen LogP contribution in [-0.2, 0) is 13.1 Å². The molecule has 2 aromatic rings. The van der Waals surface area contributed by atoms with Crippen LogP contribution in [0.2, 0.25) is 0 Å². The molecule has 0 bridgehead atoms. The lowest BCUT2D eigenvalue weighted by molar-refractivity contribution is 0.0189. The van der Waals surface area contributed by atoms with Crippen LogP contribution in [0.1, 0.15) is 42.9 Å².